The van der Waals surface area contributed by atoms with Gasteiger partial charge in [0.15, 0.2) is 0 Å². The number of carbonyl (C=O) groups excluding carboxylic acids is 1. The number of carbonyl (C=O) groups is 1. The molecule has 1 aromatic rings. The van der Waals surface area contributed by atoms with E-state index in [2.05, 4.69) is 0 Å². The lowest BCUT2D eigenvalue weighted by atomic mass is 9.75. The molecule has 1 saturated heterocycles. The van der Waals surface area contributed by atoms with Crippen molar-refractivity contribution in [3.05, 3.63) is 35.9 Å². The molecule has 198 valence electrons. The van der Waals surface area contributed by atoms with E-state index < -0.39 is 63.2 Å². The number of ether oxygens (including phenoxy) is 1. The van der Waals surface area contributed by atoms with E-state index in [1.165, 1.54) is 24.3 Å². The molecule has 1 amide bonds. The molecule has 6 nitrogen and oxygen atoms in total. The van der Waals surface area contributed by atoms with Crippen LogP contribution >= 0.6 is 0 Å². The Balaban J connectivity index is 2.78. The van der Waals surface area contributed by atoms with Gasteiger partial charge in [0.2, 0.25) is 0 Å². The summed E-state index contributed by atoms with van der Waals surface area (Å²) in [6, 6.07) is 6.68. The third-order valence-electron chi connectivity index (χ3n) is 6.56. The van der Waals surface area contributed by atoms with Gasteiger partial charge < -0.3 is 14.0 Å². The van der Waals surface area contributed by atoms with Crippen LogP contribution in [0.3, 0.4) is 0 Å². The van der Waals surface area contributed by atoms with Crippen LogP contribution in [0.2, 0.25) is 0 Å². The molecular formula is C24H37BF3NO5S. The number of hydrogen-bond acceptors (Lipinski definition) is 5. The lowest BCUT2D eigenvalue weighted by molar-refractivity contribution is -0.268. The van der Waals surface area contributed by atoms with Crippen molar-refractivity contribution >= 4 is 24.0 Å². The van der Waals surface area contributed by atoms with Crippen LogP contribution in [-0.2, 0) is 35.4 Å². The molecule has 0 bridgehead atoms. The summed E-state index contributed by atoms with van der Waals surface area (Å²) in [5.41, 5.74) is -5.38. The van der Waals surface area contributed by atoms with Gasteiger partial charge in [-0.2, -0.15) is 13.2 Å². The maximum Gasteiger partial charge on any atom is 0.483 e. The molecule has 1 aromatic carbocycles. The van der Waals surface area contributed by atoms with E-state index >= 15 is 0 Å². The molecule has 0 saturated carbocycles. The number of nitrogens with zero attached hydrogens (tertiary/aromatic N) is 1. The molecule has 0 N–H and O–H groups in total. The first-order chi connectivity index (χ1) is 15.9. The Hall–Kier alpha value is -1.43. The highest BCUT2D eigenvalue weighted by Crippen LogP contribution is 2.46. The second-order valence-corrected chi connectivity index (χ2v) is 12.8. The molecule has 1 heterocycles. The van der Waals surface area contributed by atoms with Gasteiger partial charge in [-0.3, -0.25) is 9.10 Å². The largest absolute Gasteiger partial charge is 0.483 e. The summed E-state index contributed by atoms with van der Waals surface area (Å²) in [5.74, 6) is -2.53. The topological polar surface area (TPSA) is 65.1 Å². The van der Waals surface area contributed by atoms with E-state index in [4.69, 9.17) is 14.0 Å². The van der Waals surface area contributed by atoms with Crippen LogP contribution in [0.15, 0.2) is 30.3 Å². The van der Waals surface area contributed by atoms with Crippen LogP contribution in [-0.4, -0.2) is 56.7 Å². The van der Waals surface area contributed by atoms with Gasteiger partial charge in [0.05, 0.1) is 21.9 Å². The molecule has 0 spiro atoms. The monoisotopic (exact) mass is 519 g/mol. The Morgan fingerprint density at radius 2 is 1.57 bits per heavy atom. The first-order valence-corrected chi connectivity index (χ1v) is 12.8. The van der Waals surface area contributed by atoms with Crippen molar-refractivity contribution in [1.29, 1.82) is 0 Å². The minimum Gasteiger partial charge on any atom is -0.402 e. The van der Waals surface area contributed by atoms with Gasteiger partial charge in [0.25, 0.3) is 11.5 Å². The standard InChI is InChI=1S/C24H37BF3NO5S/c1-10-14-18(25-33-21(5,6)22(7,8)34-25)29(35(31)20(2,3)4)19(30)23(32-9,24(26,27)28)17-15-12-11-13-16-17/h11-13,15-16,18H,10,14H2,1-9H3/t18-,23+,35+/m0/s1. The zero-order valence-electron chi connectivity index (χ0n) is 22.0. The van der Waals surface area contributed by atoms with Crippen molar-refractivity contribution in [1.82, 2.24) is 4.31 Å². The Morgan fingerprint density at radius 1 is 1.09 bits per heavy atom. The molecule has 0 unspecified atom stereocenters. The third-order valence-corrected chi connectivity index (χ3v) is 8.40. The van der Waals surface area contributed by atoms with Gasteiger partial charge in [0.1, 0.15) is 11.0 Å². The molecule has 1 aliphatic rings. The van der Waals surface area contributed by atoms with Crippen LogP contribution in [0, 0.1) is 0 Å². The van der Waals surface area contributed by atoms with Crippen molar-refractivity contribution in [2.24, 2.45) is 0 Å². The smallest absolute Gasteiger partial charge is 0.402 e. The zero-order chi connectivity index (χ0) is 27.0. The highest BCUT2D eigenvalue weighted by molar-refractivity contribution is 7.84. The average molecular weight is 519 g/mol. The summed E-state index contributed by atoms with van der Waals surface area (Å²) in [5, 5.41) is 0. The van der Waals surface area contributed by atoms with Gasteiger partial charge in [-0.25, -0.2) is 4.21 Å². The van der Waals surface area contributed by atoms with E-state index in [9.17, 15) is 22.2 Å². The minimum atomic E-state index is -5.15. The quantitative estimate of drug-likeness (QED) is 0.443. The van der Waals surface area contributed by atoms with Crippen molar-refractivity contribution in [2.75, 3.05) is 7.11 Å². The highest BCUT2D eigenvalue weighted by atomic mass is 32.2. The highest BCUT2D eigenvalue weighted by Gasteiger charge is 2.67. The average Bonchev–Trinajstić information content (AvgIpc) is 2.94. The fourth-order valence-electron chi connectivity index (χ4n) is 3.91. The number of hydrogen-bond donors (Lipinski definition) is 0. The lowest BCUT2D eigenvalue weighted by Gasteiger charge is -2.42. The SMILES string of the molecule is CCC[C@@H](B1OC(C)(C)C(C)(C)O1)N(C(=O)[C@](OC)(c1ccccc1)C(F)(F)F)[S@](=O)C(C)(C)C. The van der Waals surface area contributed by atoms with E-state index in [-0.39, 0.29) is 6.42 Å². The predicted octanol–water partition coefficient (Wildman–Crippen LogP) is 5.18. The number of halogens is 3. The molecule has 1 fully saturated rings. The third kappa shape index (κ3) is 5.48. The maximum absolute atomic E-state index is 14.8. The van der Waals surface area contributed by atoms with E-state index in [1.54, 1.807) is 26.8 Å². The van der Waals surface area contributed by atoms with Gasteiger partial charge in [0, 0.05) is 12.7 Å². The second kappa shape index (κ2) is 10.1. The molecule has 35 heavy (non-hydrogen) atoms. The normalized spacial score (nSPS) is 21.3. The van der Waals surface area contributed by atoms with Crippen molar-refractivity contribution < 1.29 is 36.2 Å². The molecule has 0 radical (unpaired) electrons. The summed E-state index contributed by atoms with van der Waals surface area (Å²) < 4.78 is 75.2. The van der Waals surface area contributed by atoms with Crippen molar-refractivity contribution in [3.63, 3.8) is 0 Å². The first kappa shape index (κ1) is 29.8. The molecular weight excluding hydrogens is 482 g/mol. The van der Waals surface area contributed by atoms with Gasteiger partial charge in [-0.05, 0) is 54.9 Å². The Morgan fingerprint density at radius 3 is 1.94 bits per heavy atom. The van der Waals surface area contributed by atoms with Crippen molar-refractivity contribution in [2.45, 2.75) is 102 Å². The maximum atomic E-state index is 14.8. The number of methoxy groups -OCH3 is 1. The molecule has 0 aliphatic carbocycles. The van der Waals surface area contributed by atoms with Crippen molar-refractivity contribution in [3.8, 4) is 0 Å². The first-order valence-electron chi connectivity index (χ1n) is 11.7. The van der Waals surface area contributed by atoms with Crippen LogP contribution in [0.4, 0.5) is 13.2 Å². The van der Waals surface area contributed by atoms with E-state index in [1.807, 2.05) is 34.6 Å². The van der Waals surface area contributed by atoms with Gasteiger partial charge >= 0.3 is 13.3 Å². The summed E-state index contributed by atoms with van der Waals surface area (Å²) in [7, 11) is -2.45. The van der Waals surface area contributed by atoms with Gasteiger partial charge in [-0.15, -0.1) is 0 Å². The number of amides is 1. The summed E-state index contributed by atoms with van der Waals surface area (Å²) in [4.78, 5) is 14.1. The molecule has 2 rings (SSSR count). The lowest BCUT2D eigenvalue weighted by Crippen LogP contribution is -2.63. The van der Waals surface area contributed by atoms with Crippen LogP contribution in [0.1, 0.15) is 73.8 Å². The molecule has 3 atom stereocenters. The van der Waals surface area contributed by atoms with Crippen LogP contribution in [0.25, 0.3) is 0 Å². The molecule has 0 aromatic heterocycles. The number of benzene rings is 1. The molecule has 11 heteroatoms. The minimum absolute atomic E-state index is 0.205. The summed E-state index contributed by atoms with van der Waals surface area (Å²) >= 11 is 0. The van der Waals surface area contributed by atoms with Gasteiger partial charge in [-0.1, -0.05) is 43.7 Å². The Bertz CT molecular complexity index is 904. The number of alkyl halides is 3. The number of rotatable bonds is 8. The fourth-order valence-corrected chi connectivity index (χ4v) is 5.23. The summed E-state index contributed by atoms with van der Waals surface area (Å²) in [6.07, 6.45) is -4.46. The predicted molar refractivity (Wildman–Crippen MR) is 131 cm³/mol. The Labute approximate surface area is 209 Å². The van der Waals surface area contributed by atoms with Crippen LogP contribution in [0.5, 0.6) is 0 Å². The summed E-state index contributed by atoms with van der Waals surface area (Å²) in [6.45, 7) is 13.9. The van der Waals surface area contributed by atoms with E-state index in [0.717, 1.165) is 11.4 Å². The second-order valence-electron chi connectivity index (χ2n) is 10.7. The fraction of sp³-hybridized carbons (Fsp3) is 0.708. The molecule has 1 aliphatic heterocycles. The van der Waals surface area contributed by atoms with E-state index in [0.29, 0.717) is 6.42 Å². The Kier molecular flexibility index (Phi) is 8.64. The van der Waals surface area contributed by atoms with Crippen LogP contribution < -0.4 is 0 Å². The zero-order valence-corrected chi connectivity index (χ0v) is 22.8.